The second kappa shape index (κ2) is 8.36. The van der Waals surface area contributed by atoms with Gasteiger partial charge in [-0.1, -0.05) is 19.3 Å². The molecule has 1 saturated carbocycles. The number of likely N-dealkylation sites (tertiary alicyclic amines) is 2. The summed E-state index contributed by atoms with van der Waals surface area (Å²) < 4.78 is 2.24. The van der Waals surface area contributed by atoms with Crippen molar-refractivity contribution in [3.8, 4) is 0 Å². The maximum absolute atomic E-state index is 9.67. The van der Waals surface area contributed by atoms with Crippen molar-refractivity contribution in [2.45, 2.75) is 82.4 Å². The zero-order valence-corrected chi connectivity index (χ0v) is 16.3. The Hall–Kier alpha value is -0.980. The van der Waals surface area contributed by atoms with E-state index in [1.54, 1.807) is 0 Å². The molecule has 6 heteroatoms. The predicted molar refractivity (Wildman–Crippen MR) is 102 cm³/mol. The Labute approximate surface area is 157 Å². The van der Waals surface area contributed by atoms with E-state index in [0.717, 1.165) is 44.3 Å². The molecule has 0 radical (unpaired) electrons. The van der Waals surface area contributed by atoms with E-state index in [9.17, 15) is 5.11 Å². The van der Waals surface area contributed by atoms with Gasteiger partial charge in [0.25, 0.3) is 0 Å². The molecule has 6 nitrogen and oxygen atoms in total. The van der Waals surface area contributed by atoms with Crippen LogP contribution in [0.15, 0.2) is 0 Å². The Bertz CT molecular complexity index is 567. The van der Waals surface area contributed by atoms with Gasteiger partial charge in [0.15, 0.2) is 0 Å². The fraction of sp³-hybridized carbons (Fsp3) is 0.900. The number of hydrogen-bond acceptors (Lipinski definition) is 5. The quantitative estimate of drug-likeness (QED) is 0.892. The van der Waals surface area contributed by atoms with Gasteiger partial charge < -0.3 is 14.6 Å². The molecule has 0 aromatic carbocycles. The Balaban J connectivity index is 1.32. The van der Waals surface area contributed by atoms with Crippen molar-refractivity contribution >= 4 is 0 Å². The standard InChI is InChI=1S/C20H35N5O/c1-23-19(15-24-11-9-18(26)10-12-24)21-22-20(23)16-7-13-25(14-8-16)17-5-3-2-4-6-17/h16-18,26H,2-15H2,1H3. The van der Waals surface area contributed by atoms with Crippen molar-refractivity contribution in [3.05, 3.63) is 11.6 Å². The SMILES string of the molecule is Cn1c(CN2CCC(O)CC2)nnc1C1CCN(C2CCCCC2)CC1. The average Bonchev–Trinajstić information content (AvgIpc) is 3.05. The smallest absolute Gasteiger partial charge is 0.146 e. The highest BCUT2D eigenvalue weighted by atomic mass is 16.3. The first-order valence-corrected chi connectivity index (χ1v) is 10.7. The lowest BCUT2D eigenvalue weighted by atomic mass is 9.90. The lowest BCUT2D eigenvalue weighted by molar-refractivity contribution is 0.0775. The number of aromatic nitrogens is 3. The first-order chi connectivity index (χ1) is 12.7. The van der Waals surface area contributed by atoms with Gasteiger partial charge in [-0.2, -0.15) is 0 Å². The molecule has 146 valence electrons. The third-order valence-electron chi connectivity index (χ3n) is 6.91. The first kappa shape index (κ1) is 18.4. The molecule has 0 unspecified atom stereocenters. The molecule has 1 aliphatic carbocycles. The molecule has 2 saturated heterocycles. The topological polar surface area (TPSA) is 57.4 Å². The number of piperidine rings is 2. The van der Waals surface area contributed by atoms with Crippen LogP contribution in [0.25, 0.3) is 0 Å². The molecule has 3 heterocycles. The monoisotopic (exact) mass is 361 g/mol. The normalized spacial score (nSPS) is 25.8. The molecule has 1 N–H and O–H groups in total. The molecule has 3 aliphatic rings. The van der Waals surface area contributed by atoms with Crippen LogP contribution in [0.3, 0.4) is 0 Å². The average molecular weight is 362 g/mol. The number of hydrogen-bond donors (Lipinski definition) is 1. The van der Waals surface area contributed by atoms with Crippen LogP contribution in [-0.4, -0.2) is 68.0 Å². The zero-order chi connectivity index (χ0) is 17.9. The predicted octanol–water partition coefficient (Wildman–Crippen LogP) is 2.28. The lowest BCUT2D eigenvalue weighted by Crippen LogP contribution is -2.42. The van der Waals surface area contributed by atoms with E-state index in [2.05, 4.69) is 31.6 Å². The van der Waals surface area contributed by atoms with Gasteiger partial charge in [-0.15, -0.1) is 10.2 Å². The van der Waals surface area contributed by atoms with Gasteiger partial charge in [0.1, 0.15) is 11.6 Å². The van der Waals surface area contributed by atoms with Gasteiger partial charge in [-0.3, -0.25) is 4.90 Å². The molecule has 3 fully saturated rings. The van der Waals surface area contributed by atoms with Crippen molar-refractivity contribution in [1.82, 2.24) is 24.6 Å². The van der Waals surface area contributed by atoms with Crippen LogP contribution >= 0.6 is 0 Å². The van der Waals surface area contributed by atoms with Crippen molar-refractivity contribution in [1.29, 1.82) is 0 Å². The first-order valence-electron chi connectivity index (χ1n) is 10.7. The summed E-state index contributed by atoms with van der Waals surface area (Å²) in [6.07, 6.45) is 11.2. The minimum atomic E-state index is -0.115. The minimum Gasteiger partial charge on any atom is -0.393 e. The molecular formula is C20H35N5O. The van der Waals surface area contributed by atoms with Gasteiger partial charge in [0.2, 0.25) is 0 Å². The van der Waals surface area contributed by atoms with Crippen LogP contribution in [0.5, 0.6) is 0 Å². The van der Waals surface area contributed by atoms with Crippen LogP contribution in [0.4, 0.5) is 0 Å². The van der Waals surface area contributed by atoms with Gasteiger partial charge in [-0.05, 0) is 51.6 Å². The van der Waals surface area contributed by atoms with Crippen LogP contribution in [-0.2, 0) is 13.6 Å². The molecular weight excluding hydrogens is 326 g/mol. The van der Waals surface area contributed by atoms with Crippen LogP contribution < -0.4 is 0 Å². The van der Waals surface area contributed by atoms with Crippen molar-refractivity contribution in [3.63, 3.8) is 0 Å². The minimum absolute atomic E-state index is 0.115. The summed E-state index contributed by atoms with van der Waals surface area (Å²) in [5, 5.41) is 18.8. The van der Waals surface area contributed by atoms with E-state index in [1.807, 2.05) is 0 Å². The third-order valence-corrected chi connectivity index (χ3v) is 6.91. The summed E-state index contributed by atoms with van der Waals surface area (Å²) >= 11 is 0. The van der Waals surface area contributed by atoms with E-state index >= 15 is 0 Å². The molecule has 4 rings (SSSR count). The second-order valence-electron chi connectivity index (χ2n) is 8.64. The molecule has 26 heavy (non-hydrogen) atoms. The summed E-state index contributed by atoms with van der Waals surface area (Å²) in [6, 6.07) is 0.842. The molecule has 0 atom stereocenters. The highest BCUT2D eigenvalue weighted by molar-refractivity contribution is 5.04. The van der Waals surface area contributed by atoms with Crippen molar-refractivity contribution < 1.29 is 5.11 Å². The van der Waals surface area contributed by atoms with Crippen LogP contribution in [0, 0.1) is 0 Å². The van der Waals surface area contributed by atoms with Gasteiger partial charge in [-0.25, -0.2) is 0 Å². The summed E-state index contributed by atoms with van der Waals surface area (Å²) in [5.41, 5.74) is 0. The largest absolute Gasteiger partial charge is 0.393 e. The fourth-order valence-corrected chi connectivity index (χ4v) is 5.11. The summed E-state index contributed by atoms with van der Waals surface area (Å²) in [6.45, 7) is 5.23. The Morgan fingerprint density at radius 3 is 2.27 bits per heavy atom. The van der Waals surface area contributed by atoms with Gasteiger partial charge >= 0.3 is 0 Å². The number of nitrogens with zero attached hydrogens (tertiary/aromatic N) is 5. The molecule has 1 aromatic heterocycles. The van der Waals surface area contributed by atoms with E-state index in [0.29, 0.717) is 5.92 Å². The third kappa shape index (κ3) is 4.12. The second-order valence-corrected chi connectivity index (χ2v) is 8.64. The van der Waals surface area contributed by atoms with Crippen LogP contribution in [0.2, 0.25) is 0 Å². The highest BCUT2D eigenvalue weighted by Crippen LogP contribution is 2.31. The maximum atomic E-state index is 9.67. The Morgan fingerprint density at radius 1 is 0.885 bits per heavy atom. The molecule has 1 aromatic rings. The Kier molecular flexibility index (Phi) is 5.91. The highest BCUT2D eigenvalue weighted by Gasteiger charge is 2.29. The maximum Gasteiger partial charge on any atom is 0.146 e. The number of rotatable bonds is 4. The fourth-order valence-electron chi connectivity index (χ4n) is 5.11. The van der Waals surface area contributed by atoms with Crippen LogP contribution in [0.1, 0.15) is 75.4 Å². The number of aliphatic hydroxyl groups excluding tert-OH is 1. The number of aliphatic hydroxyl groups is 1. The summed E-state index contributed by atoms with van der Waals surface area (Å²) in [5.74, 6) is 2.82. The van der Waals surface area contributed by atoms with E-state index < -0.39 is 0 Å². The lowest BCUT2D eigenvalue weighted by Gasteiger charge is -2.39. The van der Waals surface area contributed by atoms with E-state index in [-0.39, 0.29) is 6.10 Å². The Morgan fingerprint density at radius 2 is 1.58 bits per heavy atom. The van der Waals surface area contributed by atoms with Crippen molar-refractivity contribution in [2.75, 3.05) is 26.2 Å². The molecule has 0 spiro atoms. The van der Waals surface area contributed by atoms with E-state index in [1.165, 1.54) is 63.9 Å². The molecule has 2 aliphatic heterocycles. The zero-order valence-electron chi connectivity index (χ0n) is 16.3. The molecule has 0 amide bonds. The van der Waals surface area contributed by atoms with Gasteiger partial charge in [0, 0.05) is 32.1 Å². The van der Waals surface area contributed by atoms with Crippen molar-refractivity contribution in [2.24, 2.45) is 7.05 Å². The van der Waals surface area contributed by atoms with Gasteiger partial charge in [0.05, 0.1) is 12.6 Å². The van der Waals surface area contributed by atoms with E-state index in [4.69, 9.17) is 0 Å². The summed E-state index contributed by atoms with van der Waals surface area (Å²) in [7, 11) is 2.14. The molecule has 0 bridgehead atoms. The summed E-state index contributed by atoms with van der Waals surface area (Å²) in [4.78, 5) is 5.14.